The van der Waals surface area contributed by atoms with E-state index in [-0.39, 0.29) is 0 Å². The van der Waals surface area contributed by atoms with Gasteiger partial charge < -0.3 is 4.57 Å². The van der Waals surface area contributed by atoms with Crippen molar-refractivity contribution < 1.29 is 0 Å². The first-order chi connectivity index (χ1) is 7.61. The highest BCUT2D eigenvalue weighted by Crippen LogP contribution is 2.19. The Kier molecular flexibility index (Phi) is 2.99. The predicted molar refractivity (Wildman–Crippen MR) is 68.6 cm³/mol. The van der Waals surface area contributed by atoms with E-state index in [9.17, 15) is 0 Å². The Labute approximate surface area is 97.3 Å². The summed E-state index contributed by atoms with van der Waals surface area (Å²) in [6.07, 6.45) is 2.12. The van der Waals surface area contributed by atoms with Crippen molar-refractivity contribution in [2.75, 3.05) is 0 Å². The average molecular weight is 216 g/mol. The number of hydrogen-bond acceptors (Lipinski definition) is 1. The zero-order valence-corrected chi connectivity index (χ0v) is 10.6. The van der Waals surface area contributed by atoms with Gasteiger partial charge in [0.15, 0.2) is 0 Å². The highest BCUT2D eigenvalue weighted by atomic mass is 15.0. The van der Waals surface area contributed by atoms with Crippen LogP contribution in [0, 0.1) is 5.92 Å². The van der Waals surface area contributed by atoms with Gasteiger partial charge in [-0.1, -0.05) is 20.8 Å². The van der Waals surface area contributed by atoms with E-state index in [0.29, 0.717) is 5.92 Å². The van der Waals surface area contributed by atoms with E-state index in [2.05, 4.69) is 55.6 Å². The maximum absolute atomic E-state index is 4.66. The third-order valence-electron chi connectivity index (χ3n) is 3.04. The number of nitrogens with zero attached hydrogens (tertiary/aromatic N) is 2. The van der Waals surface area contributed by atoms with Crippen molar-refractivity contribution in [2.45, 2.75) is 33.6 Å². The van der Waals surface area contributed by atoms with Crippen molar-refractivity contribution >= 4 is 11.0 Å². The van der Waals surface area contributed by atoms with Crippen molar-refractivity contribution in [1.82, 2.24) is 9.55 Å². The maximum Gasteiger partial charge on any atom is 0.0887 e. The van der Waals surface area contributed by atoms with E-state index in [1.165, 1.54) is 16.9 Å². The molecule has 0 bridgehead atoms. The molecule has 2 aromatic rings. The fourth-order valence-corrected chi connectivity index (χ4v) is 2.12. The van der Waals surface area contributed by atoms with E-state index >= 15 is 0 Å². The van der Waals surface area contributed by atoms with Gasteiger partial charge in [-0.15, -0.1) is 0 Å². The molecule has 0 saturated carbocycles. The maximum atomic E-state index is 4.66. The molecule has 2 heterocycles. The fraction of sp³-hybridized carbons (Fsp3) is 0.500. The van der Waals surface area contributed by atoms with Crippen LogP contribution in [0.4, 0.5) is 0 Å². The highest BCUT2D eigenvalue weighted by Gasteiger charge is 2.08. The summed E-state index contributed by atoms with van der Waals surface area (Å²) in [5.41, 5.74) is 4.94. The molecular formula is C14H20N2. The highest BCUT2D eigenvalue weighted by molar-refractivity contribution is 5.77. The van der Waals surface area contributed by atoms with Crippen LogP contribution in [0.1, 0.15) is 32.2 Å². The van der Waals surface area contributed by atoms with E-state index in [0.717, 1.165) is 18.4 Å². The third-order valence-corrected chi connectivity index (χ3v) is 3.04. The summed E-state index contributed by atoms with van der Waals surface area (Å²) in [6, 6.07) is 6.54. The van der Waals surface area contributed by atoms with Crippen molar-refractivity contribution in [1.29, 1.82) is 0 Å². The molecule has 0 aliphatic rings. The van der Waals surface area contributed by atoms with Crippen molar-refractivity contribution in [3.63, 3.8) is 0 Å². The number of hydrogen-bond donors (Lipinski definition) is 0. The van der Waals surface area contributed by atoms with Crippen LogP contribution in [0.3, 0.4) is 0 Å². The Bertz CT molecular complexity index is 495. The lowest BCUT2D eigenvalue weighted by molar-refractivity contribution is 0.620. The molecule has 86 valence electrons. The summed E-state index contributed by atoms with van der Waals surface area (Å²) in [7, 11) is 2.13. The Morgan fingerprint density at radius 1 is 1.31 bits per heavy atom. The van der Waals surface area contributed by atoms with Gasteiger partial charge in [-0.3, -0.25) is 4.98 Å². The second-order valence-electron chi connectivity index (χ2n) is 4.85. The molecule has 0 fully saturated rings. The molecule has 2 heteroatoms. The molecule has 0 aliphatic heterocycles. The number of rotatable bonds is 3. The number of fused-ring (bicyclic) bond motifs is 1. The van der Waals surface area contributed by atoms with Crippen LogP contribution in [-0.2, 0) is 19.9 Å². The molecule has 0 amide bonds. The van der Waals surface area contributed by atoms with Gasteiger partial charge in [-0.25, -0.2) is 0 Å². The van der Waals surface area contributed by atoms with Gasteiger partial charge in [0.25, 0.3) is 0 Å². The van der Waals surface area contributed by atoms with Gasteiger partial charge in [-0.2, -0.15) is 0 Å². The molecule has 2 nitrogen and oxygen atoms in total. The van der Waals surface area contributed by atoms with Gasteiger partial charge in [-0.05, 0) is 37.0 Å². The minimum atomic E-state index is 0.689. The summed E-state index contributed by atoms with van der Waals surface area (Å²) in [5, 5.41) is 0. The smallest absolute Gasteiger partial charge is 0.0887 e. The van der Waals surface area contributed by atoms with E-state index in [1.54, 1.807) is 0 Å². The minimum absolute atomic E-state index is 0.689. The molecule has 0 unspecified atom stereocenters. The topological polar surface area (TPSA) is 17.8 Å². The standard InChI is InChI=1S/C14H20N2/c1-5-11-6-7-14-13(15-11)9-12(16(14)4)8-10(2)3/h6-7,9-10H,5,8H2,1-4H3. The number of pyridine rings is 1. The Morgan fingerprint density at radius 3 is 2.69 bits per heavy atom. The van der Waals surface area contributed by atoms with Gasteiger partial charge in [0.2, 0.25) is 0 Å². The van der Waals surface area contributed by atoms with Crippen molar-refractivity contribution in [3.8, 4) is 0 Å². The zero-order chi connectivity index (χ0) is 11.7. The molecule has 0 aliphatic carbocycles. The molecule has 0 aromatic carbocycles. The minimum Gasteiger partial charge on any atom is -0.346 e. The van der Waals surface area contributed by atoms with Crippen molar-refractivity contribution in [2.24, 2.45) is 13.0 Å². The van der Waals surface area contributed by atoms with Gasteiger partial charge >= 0.3 is 0 Å². The van der Waals surface area contributed by atoms with Crippen molar-refractivity contribution in [3.05, 3.63) is 29.6 Å². The van der Waals surface area contributed by atoms with Crippen LogP contribution in [0.15, 0.2) is 18.2 Å². The molecule has 16 heavy (non-hydrogen) atoms. The van der Waals surface area contributed by atoms with Crippen LogP contribution in [0.5, 0.6) is 0 Å². The van der Waals surface area contributed by atoms with Crippen LogP contribution in [-0.4, -0.2) is 9.55 Å². The number of aromatic nitrogens is 2. The lowest BCUT2D eigenvalue weighted by atomic mass is 10.1. The summed E-state index contributed by atoms with van der Waals surface area (Å²) < 4.78 is 2.27. The van der Waals surface area contributed by atoms with E-state index in [4.69, 9.17) is 0 Å². The van der Waals surface area contributed by atoms with E-state index < -0.39 is 0 Å². The molecule has 0 saturated heterocycles. The van der Waals surface area contributed by atoms with Gasteiger partial charge in [0, 0.05) is 18.4 Å². The molecular weight excluding hydrogens is 196 g/mol. The largest absolute Gasteiger partial charge is 0.346 e. The normalized spacial score (nSPS) is 11.6. The van der Waals surface area contributed by atoms with Crippen LogP contribution < -0.4 is 0 Å². The quantitative estimate of drug-likeness (QED) is 0.769. The Morgan fingerprint density at radius 2 is 2.06 bits per heavy atom. The first kappa shape index (κ1) is 11.2. The van der Waals surface area contributed by atoms with Crippen LogP contribution >= 0.6 is 0 Å². The predicted octanol–water partition coefficient (Wildman–Crippen LogP) is 3.33. The van der Waals surface area contributed by atoms with Gasteiger partial charge in [0.1, 0.15) is 0 Å². The second-order valence-corrected chi connectivity index (χ2v) is 4.85. The Hall–Kier alpha value is -1.31. The molecule has 2 aromatic heterocycles. The monoisotopic (exact) mass is 216 g/mol. The molecule has 0 N–H and O–H groups in total. The summed E-state index contributed by atoms with van der Waals surface area (Å²) in [4.78, 5) is 4.66. The van der Waals surface area contributed by atoms with Crippen LogP contribution in [0.25, 0.3) is 11.0 Å². The molecule has 2 rings (SSSR count). The SMILES string of the molecule is CCc1ccc2c(cc(CC(C)C)n2C)n1. The molecule has 0 atom stereocenters. The van der Waals surface area contributed by atoms with Crippen LogP contribution in [0.2, 0.25) is 0 Å². The first-order valence-corrected chi connectivity index (χ1v) is 6.06. The summed E-state index contributed by atoms with van der Waals surface area (Å²) >= 11 is 0. The van der Waals surface area contributed by atoms with E-state index in [1.807, 2.05) is 0 Å². The number of aryl methyl sites for hydroxylation is 2. The second kappa shape index (κ2) is 4.28. The molecule has 0 spiro atoms. The zero-order valence-electron chi connectivity index (χ0n) is 10.6. The molecule has 0 radical (unpaired) electrons. The van der Waals surface area contributed by atoms with Gasteiger partial charge in [0.05, 0.1) is 11.0 Å². The Balaban J connectivity index is 2.50. The first-order valence-electron chi connectivity index (χ1n) is 6.06. The summed E-state index contributed by atoms with van der Waals surface area (Å²) in [6.45, 7) is 6.65. The fourth-order valence-electron chi connectivity index (χ4n) is 2.12. The lowest BCUT2D eigenvalue weighted by Gasteiger charge is -2.06. The average Bonchev–Trinajstić information content (AvgIpc) is 2.54. The summed E-state index contributed by atoms with van der Waals surface area (Å²) in [5.74, 6) is 0.689. The third kappa shape index (κ3) is 1.97. The lowest BCUT2D eigenvalue weighted by Crippen LogP contribution is -2.00.